The fourth-order valence-electron chi connectivity index (χ4n) is 8.53. The lowest BCUT2D eigenvalue weighted by atomic mass is 9.72. The Balaban J connectivity index is 2.58. The maximum atomic E-state index is 20.7. The van der Waals surface area contributed by atoms with Gasteiger partial charge in [0.25, 0.3) is 0 Å². The first-order valence-corrected chi connectivity index (χ1v) is 26.2. The zero-order valence-electron chi connectivity index (χ0n) is 43.6. The van der Waals surface area contributed by atoms with E-state index in [9.17, 15) is 0 Å². The summed E-state index contributed by atoms with van der Waals surface area (Å²) in [5.41, 5.74) is 9.09. The first kappa shape index (κ1) is 51.1. The van der Waals surface area contributed by atoms with Crippen LogP contribution in [0.4, 0.5) is 16.1 Å². The second kappa shape index (κ2) is 16.8. The molecule has 3 aromatic rings. The molecule has 0 saturated carbocycles. The summed E-state index contributed by atoms with van der Waals surface area (Å²) >= 11 is 0. The van der Waals surface area contributed by atoms with Crippen molar-refractivity contribution in [1.82, 2.24) is 15.0 Å². The van der Waals surface area contributed by atoms with E-state index in [1.54, 1.807) is 0 Å². The predicted octanol–water partition coefficient (Wildman–Crippen LogP) is 14.5. The molecule has 0 aliphatic carbocycles. The molecule has 0 spiro atoms. The fourth-order valence-corrected chi connectivity index (χ4v) is 18.0. The van der Waals surface area contributed by atoms with Gasteiger partial charge in [-0.1, -0.05) is 170 Å². The lowest BCUT2D eigenvalue weighted by molar-refractivity contribution is 0.546. The van der Waals surface area contributed by atoms with Gasteiger partial charge in [0.05, 0.1) is 0 Å². The second-order valence-corrected chi connectivity index (χ2v) is 30.8. The van der Waals surface area contributed by atoms with Crippen LogP contribution in [0.1, 0.15) is 218 Å². The molecule has 0 fully saturated rings. The molecule has 0 saturated heterocycles. The van der Waals surface area contributed by atoms with Gasteiger partial charge < -0.3 is 9.80 Å². The lowest BCUT2D eigenvalue weighted by Gasteiger charge is -2.42. The number of rotatable bonds is 9. The highest BCUT2D eigenvalue weighted by molar-refractivity contribution is 8.21. The summed E-state index contributed by atoms with van der Waals surface area (Å²) in [5.74, 6) is 1.35. The molecule has 340 valence electrons. The molecule has 0 bridgehead atoms. The Kier molecular flexibility index (Phi) is 14.1. The van der Waals surface area contributed by atoms with Crippen molar-refractivity contribution in [3.05, 3.63) is 68.8 Å². The topological polar surface area (TPSA) is 45.2 Å². The van der Waals surface area contributed by atoms with E-state index in [1.807, 2.05) is 0 Å². The van der Waals surface area contributed by atoms with Crippen molar-refractivity contribution in [1.29, 1.82) is 0 Å². The van der Waals surface area contributed by atoms with Gasteiger partial charge in [-0.15, -0.1) is 0 Å². The molecular weight excluding hydrogens is 788 g/mol. The number of nitrogens with zero attached hydrogens (tertiary/aromatic N) is 5. The van der Waals surface area contributed by atoms with Crippen molar-refractivity contribution in [2.75, 3.05) is 36.0 Å². The number of benzene rings is 2. The van der Waals surface area contributed by atoms with E-state index in [-0.39, 0.29) is 32.5 Å². The summed E-state index contributed by atoms with van der Waals surface area (Å²) in [4.78, 5) is 20.7. The minimum atomic E-state index is -3.68. The highest BCUT2D eigenvalue weighted by Crippen LogP contribution is 2.78. The van der Waals surface area contributed by atoms with Crippen LogP contribution < -0.4 is 15.4 Å². The largest absolute Gasteiger partial charge is 0.347 e. The summed E-state index contributed by atoms with van der Waals surface area (Å²) in [6, 6.07) is 9.69. The van der Waals surface area contributed by atoms with Gasteiger partial charge in [-0.05, 0) is 93.6 Å². The third-order valence-corrected chi connectivity index (χ3v) is 20.7. The van der Waals surface area contributed by atoms with Crippen molar-refractivity contribution in [3.63, 3.8) is 0 Å². The average Bonchev–Trinajstić information content (AvgIpc) is 3.08. The highest BCUT2D eigenvalue weighted by Gasteiger charge is 2.64. The van der Waals surface area contributed by atoms with Crippen molar-refractivity contribution >= 4 is 42.3 Å². The molecule has 4 rings (SSSR count). The maximum Gasteiger partial charge on any atom is 0.347 e. The van der Waals surface area contributed by atoms with Gasteiger partial charge >= 0.3 is 5.57 Å². The molecule has 2 unspecified atom stereocenters. The van der Waals surface area contributed by atoms with Gasteiger partial charge in [0.15, 0.2) is 17.3 Å². The zero-order valence-corrected chi connectivity index (χ0v) is 45.4. The van der Waals surface area contributed by atoms with Crippen molar-refractivity contribution < 1.29 is 4.20 Å². The van der Waals surface area contributed by atoms with Crippen molar-refractivity contribution in [2.24, 2.45) is 0 Å². The van der Waals surface area contributed by atoms with Gasteiger partial charge in [-0.3, -0.25) is 0 Å². The normalized spacial score (nSPS) is 17.8. The standard InChI is InChI=1S/C53H87FN5P2/c1-26-58(27-2)44-55-45(59(28-3)29-4)57-46(56-44)60-42(40-36(49(11,12)13)30-34(47(5,6)7)31-37(40)50(14,15)16)61(54,53(23,24)25)43(60)41-38(51(17,18)19)32-35(48(8,9)10)33-39(41)52(20,21)22/h30-33H,26-29H2,1-25H3/q+1. The molecule has 0 N–H and O–H groups in total. The minimum absolute atomic E-state index is 0.0969. The summed E-state index contributed by atoms with van der Waals surface area (Å²) in [7, 11) is -5.24. The van der Waals surface area contributed by atoms with E-state index in [1.165, 1.54) is 33.4 Å². The fraction of sp³-hybridized carbons (Fsp3) is 0.679. The molecule has 1 aliphatic heterocycles. The summed E-state index contributed by atoms with van der Waals surface area (Å²) in [6.07, 6.45) is 0. The molecular formula is C53H87FN5P2+. The Bertz CT molecular complexity index is 2110. The number of halogens is 1. The van der Waals surface area contributed by atoms with Crippen LogP contribution in [0.25, 0.3) is 0 Å². The SMILES string of the molecule is CCN(CC)c1nc(N(CC)CC)nc([P+]2=C(c3c(C(C)(C)C)cc(C(C)(C)C)cc3C(C)(C)C)P(F)(C(C)(C)C)=C2c2c(C(C)(C)C)cc(C(C)(C)C)cc2C(C)(C)C)n1. The quantitative estimate of drug-likeness (QED) is 0.200. The van der Waals surface area contributed by atoms with E-state index >= 15 is 4.20 Å². The van der Waals surface area contributed by atoms with Crippen LogP contribution in [-0.4, -0.2) is 56.4 Å². The maximum absolute atomic E-state index is 20.7. The number of aromatic nitrogens is 3. The van der Waals surface area contributed by atoms with Crippen molar-refractivity contribution in [2.45, 2.75) is 211 Å². The Morgan fingerprint density at radius 3 is 1.00 bits per heavy atom. The third-order valence-electron chi connectivity index (χ3n) is 12.5. The average molecular weight is 875 g/mol. The number of hydrogen-bond donors (Lipinski definition) is 0. The predicted molar refractivity (Wildman–Crippen MR) is 275 cm³/mol. The van der Waals surface area contributed by atoms with Gasteiger partial charge in [-0.2, -0.15) is 15.0 Å². The first-order valence-electron chi connectivity index (χ1n) is 23.2. The van der Waals surface area contributed by atoms with E-state index in [0.717, 1.165) is 52.9 Å². The zero-order chi connectivity index (χ0) is 47.0. The van der Waals surface area contributed by atoms with Crippen LogP contribution in [0.3, 0.4) is 0 Å². The van der Waals surface area contributed by atoms with Gasteiger partial charge in [0.2, 0.25) is 19.4 Å². The molecule has 2 heterocycles. The Hall–Kier alpha value is -2.55. The third kappa shape index (κ3) is 9.77. The van der Waals surface area contributed by atoms with Crippen LogP contribution in [0.15, 0.2) is 24.3 Å². The number of anilines is 2. The number of hydrogen-bond acceptors (Lipinski definition) is 5. The van der Waals surface area contributed by atoms with Crippen LogP contribution in [-0.2, 0) is 32.5 Å². The van der Waals surface area contributed by atoms with Gasteiger partial charge in [0, 0.05) is 42.5 Å². The highest BCUT2D eigenvalue weighted by atomic mass is 31.2. The smallest absolute Gasteiger partial charge is 0.341 e. The van der Waals surface area contributed by atoms with Crippen LogP contribution in [0.5, 0.6) is 0 Å². The molecule has 2 atom stereocenters. The molecule has 61 heavy (non-hydrogen) atoms. The summed E-state index contributed by atoms with van der Waals surface area (Å²) in [5, 5.41) is 1.21. The van der Waals surface area contributed by atoms with E-state index < -0.39 is 19.9 Å². The molecule has 5 nitrogen and oxygen atoms in total. The van der Waals surface area contributed by atoms with Gasteiger partial charge in [-0.25, -0.2) is 4.20 Å². The lowest BCUT2D eigenvalue weighted by Crippen LogP contribution is -2.39. The second-order valence-electron chi connectivity index (χ2n) is 24.7. The monoisotopic (exact) mass is 875 g/mol. The first-order chi connectivity index (χ1) is 27.4. The minimum Gasteiger partial charge on any atom is -0.341 e. The Morgan fingerprint density at radius 1 is 0.459 bits per heavy atom. The van der Waals surface area contributed by atoms with E-state index in [4.69, 9.17) is 15.0 Å². The van der Waals surface area contributed by atoms with Crippen LogP contribution in [0, 0.1) is 0 Å². The molecule has 0 radical (unpaired) electrons. The van der Waals surface area contributed by atoms with E-state index in [0.29, 0.717) is 11.9 Å². The summed E-state index contributed by atoms with van der Waals surface area (Å²) < 4.78 is 20.7. The Labute approximate surface area is 375 Å². The molecule has 1 aromatic heterocycles. The van der Waals surface area contributed by atoms with E-state index in [2.05, 4.69) is 207 Å². The van der Waals surface area contributed by atoms with Gasteiger partial charge in [0.1, 0.15) is 0 Å². The Morgan fingerprint density at radius 2 is 0.754 bits per heavy atom. The molecule has 0 amide bonds. The van der Waals surface area contributed by atoms with Crippen LogP contribution in [0.2, 0.25) is 0 Å². The summed E-state index contributed by atoms with van der Waals surface area (Å²) in [6.45, 7) is 59.7. The van der Waals surface area contributed by atoms with Crippen molar-refractivity contribution in [3.8, 4) is 0 Å². The van der Waals surface area contributed by atoms with Crippen LogP contribution >= 0.6 is 14.7 Å². The molecule has 1 aliphatic rings. The molecule has 8 heteroatoms. The molecule has 2 aromatic carbocycles.